The average Bonchev–Trinajstić information content (AvgIpc) is 3.00. The molecule has 1 heterocycles. The quantitative estimate of drug-likeness (QED) is 0.390. The minimum Gasteiger partial charge on any atom is -0.481 e. The summed E-state index contributed by atoms with van der Waals surface area (Å²) in [5, 5.41) is 27.3. The van der Waals surface area contributed by atoms with Gasteiger partial charge in [-0.15, -0.1) is 0 Å². The summed E-state index contributed by atoms with van der Waals surface area (Å²) in [5.74, 6) is -1.13. The van der Waals surface area contributed by atoms with Crippen LogP contribution in [0.3, 0.4) is 0 Å². The molecule has 1 aliphatic heterocycles. The number of benzene rings is 1. The zero-order valence-electron chi connectivity index (χ0n) is 15.5. The molecule has 1 aromatic rings. The standard InChI is InChI=1S/C17H27BN2O4.CH5N/c19-15(9-13-5-2-1-3-6-13)11-20-10-14(7-4-8-18(23)24)16(12-20)17(21)22;1-2/h1-3,5-6,14-16,23-24H,4,7-12,19H2,(H,21,22);2H2,1H3. The van der Waals surface area contributed by atoms with Crippen molar-refractivity contribution in [2.24, 2.45) is 23.3 Å². The van der Waals surface area contributed by atoms with Crippen molar-refractivity contribution in [1.29, 1.82) is 0 Å². The molecular weight excluding hydrogens is 333 g/mol. The summed E-state index contributed by atoms with van der Waals surface area (Å²) >= 11 is 0. The van der Waals surface area contributed by atoms with Gasteiger partial charge < -0.3 is 31.5 Å². The second kappa shape index (κ2) is 12.0. The molecule has 7 nitrogen and oxygen atoms in total. The first kappa shape index (κ1) is 22.6. The zero-order chi connectivity index (χ0) is 19.5. The van der Waals surface area contributed by atoms with Crippen molar-refractivity contribution in [2.75, 3.05) is 26.7 Å². The first-order valence-electron chi connectivity index (χ1n) is 9.14. The van der Waals surface area contributed by atoms with Gasteiger partial charge in [0.1, 0.15) is 0 Å². The van der Waals surface area contributed by atoms with Crippen molar-refractivity contribution in [3.63, 3.8) is 0 Å². The lowest BCUT2D eigenvalue weighted by atomic mass is 9.80. The fourth-order valence-corrected chi connectivity index (χ4v) is 3.56. The van der Waals surface area contributed by atoms with Crippen LogP contribution in [0.5, 0.6) is 0 Å². The van der Waals surface area contributed by atoms with E-state index in [0.29, 0.717) is 32.5 Å². The third-order valence-electron chi connectivity index (χ3n) is 4.70. The van der Waals surface area contributed by atoms with E-state index in [1.54, 1.807) is 0 Å². The highest BCUT2D eigenvalue weighted by atomic mass is 16.4. The van der Waals surface area contributed by atoms with Crippen molar-refractivity contribution in [2.45, 2.75) is 31.6 Å². The number of carboxylic acid groups (broad SMARTS) is 1. The van der Waals surface area contributed by atoms with Gasteiger partial charge in [0.15, 0.2) is 0 Å². The van der Waals surface area contributed by atoms with E-state index in [4.69, 9.17) is 15.8 Å². The number of carboxylic acids is 1. The maximum Gasteiger partial charge on any atom is 0.451 e. The van der Waals surface area contributed by atoms with Gasteiger partial charge in [0.25, 0.3) is 0 Å². The largest absolute Gasteiger partial charge is 0.481 e. The van der Waals surface area contributed by atoms with Crippen molar-refractivity contribution < 1.29 is 19.9 Å². The van der Waals surface area contributed by atoms with Crippen LogP contribution >= 0.6 is 0 Å². The van der Waals surface area contributed by atoms with Gasteiger partial charge in [-0.05, 0) is 37.7 Å². The molecule has 8 heteroatoms. The van der Waals surface area contributed by atoms with Crippen LogP contribution in [0.1, 0.15) is 18.4 Å². The number of rotatable bonds is 9. The van der Waals surface area contributed by atoms with Crippen LogP contribution in [0.2, 0.25) is 6.32 Å². The Morgan fingerprint density at radius 2 is 1.92 bits per heavy atom. The summed E-state index contributed by atoms with van der Waals surface area (Å²) in [4.78, 5) is 13.6. The number of hydrogen-bond acceptors (Lipinski definition) is 6. The molecule has 1 aromatic carbocycles. The van der Waals surface area contributed by atoms with E-state index in [0.717, 1.165) is 6.42 Å². The van der Waals surface area contributed by atoms with Gasteiger partial charge in [-0.1, -0.05) is 36.8 Å². The summed E-state index contributed by atoms with van der Waals surface area (Å²) in [6, 6.07) is 10.0. The minimum absolute atomic E-state index is 0.0279. The fourth-order valence-electron chi connectivity index (χ4n) is 3.56. The number of aliphatic carboxylic acids is 1. The Labute approximate surface area is 156 Å². The van der Waals surface area contributed by atoms with Gasteiger partial charge in [-0.3, -0.25) is 4.79 Å². The average molecular weight is 365 g/mol. The molecule has 3 atom stereocenters. The van der Waals surface area contributed by atoms with Gasteiger partial charge >= 0.3 is 13.1 Å². The summed E-state index contributed by atoms with van der Waals surface area (Å²) in [6.07, 6.45) is 2.38. The second-order valence-corrected chi connectivity index (χ2v) is 6.78. The van der Waals surface area contributed by atoms with Crippen LogP contribution in [0.4, 0.5) is 0 Å². The first-order chi connectivity index (χ1) is 12.5. The zero-order valence-corrected chi connectivity index (χ0v) is 15.5. The summed E-state index contributed by atoms with van der Waals surface area (Å²) in [6.45, 7) is 1.91. The third kappa shape index (κ3) is 7.84. The van der Waals surface area contributed by atoms with Gasteiger partial charge in [-0.25, -0.2) is 0 Å². The molecule has 0 bridgehead atoms. The van der Waals surface area contributed by atoms with Gasteiger partial charge in [0.2, 0.25) is 0 Å². The van der Waals surface area contributed by atoms with E-state index >= 15 is 0 Å². The predicted octanol–water partition coefficient (Wildman–Crippen LogP) is 0.0169. The van der Waals surface area contributed by atoms with Crippen molar-refractivity contribution in [3.8, 4) is 0 Å². The number of hydrogen-bond donors (Lipinski definition) is 5. The minimum atomic E-state index is -1.31. The van der Waals surface area contributed by atoms with E-state index in [-0.39, 0.29) is 18.3 Å². The predicted molar refractivity (Wildman–Crippen MR) is 104 cm³/mol. The number of likely N-dealkylation sites (tertiary alicyclic amines) is 1. The first-order valence-corrected chi connectivity index (χ1v) is 9.14. The highest BCUT2D eigenvalue weighted by Gasteiger charge is 2.37. The molecule has 1 saturated heterocycles. The number of nitrogens with two attached hydrogens (primary N) is 2. The highest BCUT2D eigenvalue weighted by molar-refractivity contribution is 6.40. The Morgan fingerprint density at radius 1 is 1.27 bits per heavy atom. The lowest BCUT2D eigenvalue weighted by Gasteiger charge is -2.21. The normalized spacial score (nSPS) is 21.0. The Balaban J connectivity index is 0.00000163. The smallest absolute Gasteiger partial charge is 0.451 e. The summed E-state index contributed by atoms with van der Waals surface area (Å²) in [5.41, 5.74) is 11.9. The highest BCUT2D eigenvalue weighted by Crippen LogP contribution is 2.28. The van der Waals surface area contributed by atoms with Crippen LogP contribution in [0.25, 0.3) is 0 Å². The Kier molecular flexibility index (Phi) is 10.5. The third-order valence-corrected chi connectivity index (χ3v) is 4.70. The van der Waals surface area contributed by atoms with Crippen LogP contribution in [0.15, 0.2) is 30.3 Å². The lowest BCUT2D eigenvalue weighted by molar-refractivity contribution is -0.142. The van der Waals surface area contributed by atoms with E-state index in [1.165, 1.54) is 12.6 Å². The van der Waals surface area contributed by atoms with E-state index < -0.39 is 19.0 Å². The van der Waals surface area contributed by atoms with Gasteiger partial charge in [0, 0.05) is 25.7 Å². The van der Waals surface area contributed by atoms with Crippen molar-refractivity contribution >= 4 is 13.1 Å². The van der Waals surface area contributed by atoms with E-state index in [9.17, 15) is 9.90 Å². The molecule has 0 spiro atoms. The molecule has 146 valence electrons. The van der Waals surface area contributed by atoms with E-state index in [2.05, 4.69) is 10.6 Å². The Morgan fingerprint density at radius 3 is 2.50 bits per heavy atom. The molecule has 26 heavy (non-hydrogen) atoms. The van der Waals surface area contributed by atoms with Crippen LogP contribution in [-0.2, 0) is 11.2 Å². The molecule has 0 amide bonds. The molecule has 1 aliphatic rings. The van der Waals surface area contributed by atoms with E-state index in [1.807, 2.05) is 30.3 Å². The molecular formula is C18H32BN3O4. The maximum absolute atomic E-state index is 11.5. The maximum atomic E-state index is 11.5. The number of carbonyl (C=O) groups is 1. The molecule has 1 fully saturated rings. The topological polar surface area (TPSA) is 133 Å². The molecule has 2 rings (SSSR count). The molecule has 0 radical (unpaired) electrons. The summed E-state index contributed by atoms with van der Waals surface area (Å²) in [7, 11) is 0.185. The number of nitrogens with zero attached hydrogens (tertiary/aromatic N) is 1. The molecule has 0 saturated carbocycles. The van der Waals surface area contributed by atoms with Crippen LogP contribution in [0, 0.1) is 11.8 Å². The Bertz CT molecular complexity index is 518. The van der Waals surface area contributed by atoms with Crippen LogP contribution < -0.4 is 11.5 Å². The van der Waals surface area contributed by atoms with Crippen molar-refractivity contribution in [3.05, 3.63) is 35.9 Å². The lowest BCUT2D eigenvalue weighted by Crippen LogP contribution is -2.38. The van der Waals surface area contributed by atoms with Gasteiger partial charge in [-0.2, -0.15) is 0 Å². The van der Waals surface area contributed by atoms with Gasteiger partial charge in [0.05, 0.1) is 5.92 Å². The molecule has 0 aromatic heterocycles. The fraction of sp³-hybridized carbons (Fsp3) is 0.611. The Hall–Kier alpha value is -1.45. The van der Waals surface area contributed by atoms with Crippen LogP contribution in [-0.4, -0.2) is 65.9 Å². The SMILES string of the molecule is CN.NC(Cc1ccccc1)CN1CC(CCCB(O)O)C(C(=O)O)C1. The molecule has 3 unspecified atom stereocenters. The van der Waals surface area contributed by atoms with Crippen molar-refractivity contribution in [1.82, 2.24) is 4.90 Å². The molecule has 7 N–H and O–H groups in total. The summed E-state index contributed by atoms with van der Waals surface area (Å²) < 4.78 is 0. The second-order valence-electron chi connectivity index (χ2n) is 6.78. The monoisotopic (exact) mass is 365 g/mol. The molecule has 0 aliphatic carbocycles.